The Labute approximate surface area is 115 Å². The van der Waals surface area contributed by atoms with Crippen LogP contribution in [0.5, 0.6) is 0 Å². The summed E-state index contributed by atoms with van der Waals surface area (Å²) in [5.74, 6) is 0. The van der Waals surface area contributed by atoms with Crippen molar-refractivity contribution < 1.29 is 0 Å². The Morgan fingerprint density at radius 2 is 1.65 bits per heavy atom. The molecule has 0 heterocycles. The molecule has 0 amide bonds. The SMILES string of the molecule is CCCCC(C)(CCCC)c1cccc(Br)c1. The lowest BCUT2D eigenvalue weighted by Gasteiger charge is -2.30. The molecule has 0 aliphatic heterocycles. The highest BCUT2D eigenvalue weighted by atomic mass is 79.9. The van der Waals surface area contributed by atoms with E-state index in [9.17, 15) is 0 Å². The zero-order valence-corrected chi connectivity index (χ0v) is 13.0. The van der Waals surface area contributed by atoms with Gasteiger partial charge >= 0.3 is 0 Å². The van der Waals surface area contributed by atoms with Crippen LogP contribution in [-0.4, -0.2) is 0 Å². The maximum atomic E-state index is 3.59. The molecule has 0 aliphatic carbocycles. The molecule has 0 bridgehead atoms. The molecule has 17 heavy (non-hydrogen) atoms. The maximum Gasteiger partial charge on any atom is 0.0178 e. The molecule has 0 spiro atoms. The first-order valence-electron chi connectivity index (χ1n) is 6.88. The lowest BCUT2D eigenvalue weighted by atomic mass is 9.74. The predicted molar refractivity (Wildman–Crippen MR) is 80.5 cm³/mol. The van der Waals surface area contributed by atoms with E-state index in [-0.39, 0.29) is 0 Å². The molecule has 0 aromatic heterocycles. The Kier molecular flexibility index (Phi) is 6.26. The van der Waals surface area contributed by atoms with Crippen LogP contribution >= 0.6 is 15.9 Å². The fraction of sp³-hybridized carbons (Fsp3) is 0.625. The van der Waals surface area contributed by atoms with E-state index in [0.717, 1.165) is 0 Å². The van der Waals surface area contributed by atoms with Crippen molar-refractivity contribution in [1.29, 1.82) is 0 Å². The van der Waals surface area contributed by atoms with Gasteiger partial charge in [-0.25, -0.2) is 0 Å². The average Bonchev–Trinajstić information content (AvgIpc) is 2.34. The van der Waals surface area contributed by atoms with Gasteiger partial charge in [0.2, 0.25) is 0 Å². The zero-order valence-electron chi connectivity index (χ0n) is 11.4. The van der Waals surface area contributed by atoms with E-state index in [1.54, 1.807) is 0 Å². The molecule has 0 saturated carbocycles. The van der Waals surface area contributed by atoms with E-state index in [2.05, 4.69) is 61.0 Å². The fourth-order valence-electron chi connectivity index (χ4n) is 2.41. The minimum atomic E-state index is 0.357. The Balaban J connectivity index is 2.87. The van der Waals surface area contributed by atoms with Crippen LogP contribution < -0.4 is 0 Å². The molecular formula is C16H25Br. The lowest BCUT2D eigenvalue weighted by molar-refractivity contribution is 0.374. The molecule has 0 N–H and O–H groups in total. The summed E-state index contributed by atoms with van der Waals surface area (Å²) in [4.78, 5) is 0. The van der Waals surface area contributed by atoms with Crippen molar-refractivity contribution >= 4 is 15.9 Å². The first kappa shape index (κ1) is 14.8. The van der Waals surface area contributed by atoms with Gasteiger partial charge in [-0.2, -0.15) is 0 Å². The second-order valence-electron chi connectivity index (χ2n) is 5.28. The molecule has 0 nitrogen and oxygen atoms in total. The highest BCUT2D eigenvalue weighted by Crippen LogP contribution is 2.35. The van der Waals surface area contributed by atoms with Crippen molar-refractivity contribution in [2.24, 2.45) is 0 Å². The third-order valence-corrected chi connectivity index (χ3v) is 4.18. The molecule has 1 heteroatoms. The van der Waals surface area contributed by atoms with Gasteiger partial charge in [0.25, 0.3) is 0 Å². The first-order valence-corrected chi connectivity index (χ1v) is 7.67. The van der Waals surface area contributed by atoms with E-state index < -0.39 is 0 Å². The highest BCUT2D eigenvalue weighted by Gasteiger charge is 2.25. The third-order valence-electron chi connectivity index (χ3n) is 3.69. The van der Waals surface area contributed by atoms with Gasteiger partial charge in [-0.3, -0.25) is 0 Å². The monoisotopic (exact) mass is 296 g/mol. The summed E-state index contributed by atoms with van der Waals surface area (Å²) in [6.07, 6.45) is 7.84. The van der Waals surface area contributed by atoms with E-state index in [0.29, 0.717) is 5.41 Å². The van der Waals surface area contributed by atoms with Crippen molar-refractivity contribution in [2.75, 3.05) is 0 Å². The summed E-state index contributed by atoms with van der Waals surface area (Å²) >= 11 is 3.59. The third kappa shape index (κ3) is 4.46. The van der Waals surface area contributed by atoms with Crippen molar-refractivity contribution in [2.45, 2.75) is 64.7 Å². The van der Waals surface area contributed by atoms with E-state index in [1.807, 2.05) is 0 Å². The van der Waals surface area contributed by atoms with Crippen LogP contribution in [0.3, 0.4) is 0 Å². The van der Waals surface area contributed by atoms with Crippen LogP contribution in [0.15, 0.2) is 28.7 Å². The van der Waals surface area contributed by atoms with Crippen molar-refractivity contribution in [3.05, 3.63) is 34.3 Å². The van der Waals surface area contributed by atoms with Crippen LogP contribution in [0.25, 0.3) is 0 Å². The Morgan fingerprint density at radius 3 is 2.12 bits per heavy atom. The van der Waals surface area contributed by atoms with Gasteiger partial charge in [0, 0.05) is 4.47 Å². The number of halogens is 1. The van der Waals surface area contributed by atoms with E-state index >= 15 is 0 Å². The normalized spacial score (nSPS) is 11.8. The van der Waals surface area contributed by atoms with Gasteiger partial charge in [-0.1, -0.05) is 74.5 Å². The van der Waals surface area contributed by atoms with Crippen molar-refractivity contribution in [3.63, 3.8) is 0 Å². The summed E-state index contributed by atoms with van der Waals surface area (Å²) in [6, 6.07) is 8.86. The molecule has 0 fully saturated rings. The molecule has 1 aromatic rings. The van der Waals surface area contributed by atoms with Crippen LogP contribution in [0.2, 0.25) is 0 Å². The molecule has 1 aromatic carbocycles. The number of unbranched alkanes of at least 4 members (excludes halogenated alkanes) is 2. The first-order chi connectivity index (χ1) is 8.12. The second-order valence-corrected chi connectivity index (χ2v) is 6.19. The topological polar surface area (TPSA) is 0 Å². The minimum Gasteiger partial charge on any atom is -0.0654 e. The van der Waals surface area contributed by atoms with Crippen LogP contribution in [0, 0.1) is 0 Å². The quantitative estimate of drug-likeness (QED) is 0.571. The molecule has 0 saturated heterocycles. The summed E-state index contributed by atoms with van der Waals surface area (Å²) < 4.78 is 1.20. The van der Waals surface area contributed by atoms with Gasteiger partial charge < -0.3 is 0 Å². The number of hydrogen-bond acceptors (Lipinski definition) is 0. The smallest absolute Gasteiger partial charge is 0.0178 e. The highest BCUT2D eigenvalue weighted by molar-refractivity contribution is 9.10. The van der Waals surface area contributed by atoms with Gasteiger partial charge in [0.1, 0.15) is 0 Å². The summed E-state index contributed by atoms with van der Waals surface area (Å²) in [5, 5.41) is 0. The molecular weight excluding hydrogens is 272 g/mol. The Hall–Kier alpha value is -0.300. The van der Waals surface area contributed by atoms with Gasteiger partial charge in [-0.15, -0.1) is 0 Å². The van der Waals surface area contributed by atoms with E-state index in [1.165, 1.54) is 48.6 Å². The standard InChI is InChI=1S/C16H25Br/c1-4-6-11-16(3,12-7-5-2)14-9-8-10-15(17)13-14/h8-10,13H,4-7,11-12H2,1-3H3. The van der Waals surface area contributed by atoms with Gasteiger partial charge in [0.05, 0.1) is 0 Å². The fourth-order valence-corrected chi connectivity index (χ4v) is 2.81. The Morgan fingerprint density at radius 1 is 1.06 bits per heavy atom. The largest absolute Gasteiger partial charge is 0.0654 e. The van der Waals surface area contributed by atoms with Crippen molar-refractivity contribution in [1.82, 2.24) is 0 Å². The van der Waals surface area contributed by atoms with Crippen LogP contribution in [-0.2, 0) is 5.41 Å². The zero-order chi connectivity index (χ0) is 12.7. The average molecular weight is 297 g/mol. The maximum absolute atomic E-state index is 3.59. The van der Waals surface area contributed by atoms with Crippen molar-refractivity contribution in [3.8, 4) is 0 Å². The molecule has 0 unspecified atom stereocenters. The van der Waals surface area contributed by atoms with Crippen LogP contribution in [0.4, 0.5) is 0 Å². The van der Waals surface area contributed by atoms with E-state index in [4.69, 9.17) is 0 Å². The molecule has 0 radical (unpaired) electrons. The summed E-state index contributed by atoms with van der Waals surface area (Å²) in [5.41, 5.74) is 1.85. The second kappa shape index (κ2) is 7.20. The van der Waals surface area contributed by atoms with Gasteiger partial charge in [-0.05, 0) is 36.0 Å². The lowest BCUT2D eigenvalue weighted by Crippen LogP contribution is -2.22. The summed E-state index contributed by atoms with van der Waals surface area (Å²) in [6.45, 7) is 6.99. The predicted octanol–water partition coefficient (Wildman–Crippen LogP) is 6.09. The molecule has 96 valence electrons. The summed E-state index contributed by atoms with van der Waals surface area (Å²) in [7, 11) is 0. The molecule has 1 rings (SSSR count). The van der Waals surface area contributed by atoms with Gasteiger partial charge in [0.15, 0.2) is 0 Å². The number of hydrogen-bond donors (Lipinski definition) is 0. The number of rotatable bonds is 7. The molecule has 0 aliphatic rings. The molecule has 0 atom stereocenters. The minimum absolute atomic E-state index is 0.357. The Bertz CT molecular complexity index is 322. The number of benzene rings is 1. The van der Waals surface area contributed by atoms with Crippen LogP contribution in [0.1, 0.15) is 64.9 Å².